The molecular weight excluding hydrogens is 359 g/mol. The van der Waals surface area contributed by atoms with E-state index in [4.69, 9.17) is 4.74 Å². The summed E-state index contributed by atoms with van der Waals surface area (Å²) in [6, 6.07) is 6.34. The number of hydrogen-bond donors (Lipinski definition) is 2. The van der Waals surface area contributed by atoms with Crippen LogP contribution in [0.25, 0.3) is 21.8 Å². The average Bonchev–Trinajstić information content (AvgIpc) is 2.93. The molecule has 2 aromatic heterocycles. The number of phenolic OH excluding ortho intramolecular Hbond substituents is 1. The average molecular weight is 379 g/mol. The van der Waals surface area contributed by atoms with Gasteiger partial charge in [-0.25, -0.2) is 4.98 Å². The van der Waals surface area contributed by atoms with Gasteiger partial charge in [-0.2, -0.15) is 13.2 Å². The van der Waals surface area contributed by atoms with E-state index in [1.807, 2.05) is 6.92 Å². The minimum absolute atomic E-state index is 0.0111. The molecule has 0 amide bonds. The van der Waals surface area contributed by atoms with Crippen molar-refractivity contribution in [2.75, 3.05) is 13.2 Å². The Morgan fingerprint density at radius 1 is 1.30 bits per heavy atom. The van der Waals surface area contributed by atoms with Crippen LogP contribution in [0.15, 0.2) is 30.5 Å². The van der Waals surface area contributed by atoms with Crippen LogP contribution < -0.4 is 5.32 Å². The van der Waals surface area contributed by atoms with Crippen molar-refractivity contribution in [3.05, 3.63) is 36.2 Å². The van der Waals surface area contributed by atoms with Gasteiger partial charge in [0, 0.05) is 42.2 Å². The highest BCUT2D eigenvalue weighted by Gasteiger charge is 2.36. The summed E-state index contributed by atoms with van der Waals surface area (Å²) in [6.45, 7) is 3.68. The van der Waals surface area contributed by atoms with Gasteiger partial charge in [0.15, 0.2) is 5.69 Å². The molecule has 1 aliphatic rings. The van der Waals surface area contributed by atoms with Crippen molar-refractivity contribution in [3.63, 3.8) is 0 Å². The van der Waals surface area contributed by atoms with E-state index < -0.39 is 11.9 Å². The smallest absolute Gasteiger partial charge is 0.435 e. The molecule has 5 nitrogen and oxygen atoms in total. The fourth-order valence-corrected chi connectivity index (χ4v) is 3.84. The first-order valence-electron chi connectivity index (χ1n) is 8.88. The summed E-state index contributed by atoms with van der Waals surface area (Å²) in [4.78, 5) is 3.61. The van der Waals surface area contributed by atoms with Gasteiger partial charge in [-0.1, -0.05) is 0 Å². The maximum Gasteiger partial charge on any atom is 0.435 e. The van der Waals surface area contributed by atoms with Crippen LogP contribution in [-0.4, -0.2) is 40.0 Å². The third-order valence-corrected chi connectivity index (χ3v) is 5.12. The minimum atomic E-state index is -4.57. The zero-order valence-electron chi connectivity index (χ0n) is 14.8. The van der Waals surface area contributed by atoms with Gasteiger partial charge in [0.05, 0.1) is 23.7 Å². The highest BCUT2D eigenvalue weighted by molar-refractivity contribution is 6.09. The minimum Gasteiger partial charge on any atom is -0.508 e. The van der Waals surface area contributed by atoms with Crippen LogP contribution in [0.3, 0.4) is 0 Å². The van der Waals surface area contributed by atoms with E-state index >= 15 is 0 Å². The molecule has 2 N–H and O–H groups in total. The van der Waals surface area contributed by atoms with E-state index in [2.05, 4.69) is 10.3 Å². The van der Waals surface area contributed by atoms with Gasteiger partial charge in [0.1, 0.15) is 5.75 Å². The summed E-state index contributed by atoms with van der Waals surface area (Å²) in [7, 11) is 0. The Hall–Kier alpha value is -2.32. The maximum absolute atomic E-state index is 13.6. The summed E-state index contributed by atoms with van der Waals surface area (Å²) in [5.74, 6) is 0.0111. The SMILES string of the molecule is CC1NCCOC1CCn1c2cc(O)ccc2c2ccnc(C(F)(F)F)c21. The molecule has 144 valence electrons. The maximum atomic E-state index is 13.6. The Bertz CT molecular complexity index is 984. The predicted molar refractivity (Wildman–Crippen MR) is 95.7 cm³/mol. The monoisotopic (exact) mass is 379 g/mol. The van der Waals surface area contributed by atoms with E-state index in [1.165, 1.54) is 18.3 Å². The second-order valence-electron chi connectivity index (χ2n) is 6.85. The second-order valence-corrected chi connectivity index (χ2v) is 6.85. The molecule has 1 aromatic carbocycles. The number of hydrogen-bond acceptors (Lipinski definition) is 4. The van der Waals surface area contributed by atoms with Gasteiger partial charge in [-0.3, -0.25) is 0 Å². The van der Waals surface area contributed by atoms with Crippen molar-refractivity contribution in [2.24, 2.45) is 0 Å². The van der Waals surface area contributed by atoms with Gasteiger partial charge in [-0.15, -0.1) is 0 Å². The number of fused-ring (bicyclic) bond motifs is 3. The molecule has 0 saturated carbocycles. The Kier molecular flexibility index (Phi) is 4.47. The zero-order valence-corrected chi connectivity index (χ0v) is 14.8. The molecule has 2 atom stereocenters. The zero-order chi connectivity index (χ0) is 19.2. The van der Waals surface area contributed by atoms with Crippen LogP contribution in [0, 0.1) is 0 Å². The summed E-state index contributed by atoms with van der Waals surface area (Å²) in [5, 5.41) is 14.3. The number of nitrogens with one attached hydrogen (secondary N) is 1. The third kappa shape index (κ3) is 3.23. The number of aromatic nitrogens is 2. The largest absolute Gasteiger partial charge is 0.508 e. The lowest BCUT2D eigenvalue weighted by Crippen LogP contribution is -2.46. The summed E-state index contributed by atoms with van der Waals surface area (Å²) in [6.07, 6.45) is -2.92. The van der Waals surface area contributed by atoms with Crippen molar-refractivity contribution in [1.82, 2.24) is 14.9 Å². The number of rotatable bonds is 3. The van der Waals surface area contributed by atoms with Crippen LogP contribution in [0.2, 0.25) is 0 Å². The lowest BCUT2D eigenvalue weighted by atomic mass is 10.1. The van der Waals surface area contributed by atoms with E-state index in [9.17, 15) is 18.3 Å². The summed E-state index contributed by atoms with van der Waals surface area (Å²) >= 11 is 0. The number of halogens is 3. The molecule has 1 saturated heterocycles. The Balaban J connectivity index is 1.86. The van der Waals surface area contributed by atoms with Gasteiger partial charge in [-0.05, 0) is 31.5 Å². The predicted octanol–water partition coefficient (Wildman–Crippen LogP) is 3.68. The van der Waals surface area contributed by atoms with Crippen LogP contribution in [0.1, 0.15) is 19.0 Å². The first-order chi connectivity index (χ1) is 12.9. The highest BCUT2D eigenvalue weighted by Crippen LogP contribution is 2.38. The standard InChI is InChI=1S/C19H20F3N3O2/c1-11-16(27-9-7-23-11)5-8-25-15-10-12(26)2-3-13(15)14-4-6-24-18(17(14)25)19(20,21)22/h2-4,6,10-11,16,23,26H,5,7-9H2,1H3. The van der Waals surface area contributed by atoms with Crippen LogP contribution >= 0.6 is 0 Å². The van der Waals surface area contributed by atoms with Crippen molar-refractivity contribution in [3.8, 4) is 5.75 Å². The Morgan fingerprint density at radius 3 is 2.85 bits per heavy atom. The molecule has 1 fully saturated rings. The molecule has 0 bridgehead atoms. The van der Waals surface area contributed by atoms with Crippen molar-refractivity contribution in [2.45, 2.75) is 38.2 Å². The molecule has 8 heteroatoms. The number of phenols is 1. The van der Waals surface area contributed by atoms with Crippen LogP contribution in [-0.2, 0) is 17.5 Å². The normalized spacial score (nSPS) is 21.2. The fraction of sp³-hybridized carbons (Fsp3) is 0.421. The lowest BCUT2D eigenvalue weighted by molar-refractivity contribution is -0.140. The topological polar surface area (TPSA) is 59.3 Å². The van der Waals surface area contributed by atoms with Crippen LogP contribution in [0.4, 0.5) is 13.2 Å². The van der Waals surface area contributed by atoms with Crippen molar-refractivity contribution >= 4 is 21.8 Å². The fourth-order valence-electron chi connectivity index (χ4n) is 3.84. The number of aryl methyl sites for hydroxylation is 1. The molecule has 0 aliphatic carbocycles. The Labute approximate surface area is 153 Å². The van der Waals surface area contributed by atoms with E-state index in [0.717, 1.165) is 6.54 Å². The van der Waals surface area contributed by atoms with E-state index in [1.54, 1.807) is 16.7 Å². The summed E-state index contributed by atoms with van der Waals surface area (Å²) < 4.78 is 48.2. The number of nitrogens with zero attached hydrogens (tertiary/aromatic N) is 2. The lowest BCUT2D eigenvalue weighted by Gasteiger charge is -2.30. The number of aromatic hydroxyl groups is 1. The number of pyridine rings is 1. The number of morpholine rings is 1. The van der Waals surface area contributed by atoms with Crippen molar-refractivity contribution < 1.29 is 23.0 Å². The molecule has 3 heterocycles. The number of ether oxygens (including phenoxy) is 1. The molecule has 27 heavy (non-hydrogen) atoms. The number of benzene rings is 1. The number of alkyl halides is 3. The molecule has 0 radical (unpaired) electrons. The molecule has 4 rings (SSSR count). The van der Waals surface area contributed by atoms with E-state index in [-0.39, 0.29) is 23.4 Å². The molecule has 0 spiro atoms. The van der Waals surface area contributed by atoms with Gasteiger partial charge in [0.25, 0.3) is 0 Å². The molecular formula is C19H20F3N3O2. The van der Waals surface area contributed by atoms with Gasteiger partial charge in [0.2, 0.25) is 0 Å². The quantitative estimate of drug-likeness (QED) is 0.729. The third-order valence-electron chi connectivity index (χ3n) is 5.12. The molecule has 2 unspecified atom stereocenters. The highest BCUT2D eigenvalue weighted by atomic mass is 19.4. The molecule has 3 aromatic rings. The Morgan fingerprint density at radius 2 is 2.11 bits per heavy atom. The first kappa shape index (κ1) is 18.1. The first-order valence-corrected chi connectivity index (χ1v) is 8.88. The molecule has 1 aliphatic heterocycles. The van der Waals surface area contributed by atoms with Gasteiger partial charge < -0.3 is 19.7 Å². The summed E-state index contributed by atoms with van der Waals surface area (Å²) in [5.41, 5.74) is -0.312. The van der Waals surface area contributed by atoms with Crippen molar-refractivity contribution in [1.29, 1.82) is 0 Å². The van der Waals surface area contributed by atoms with Gasteiger partial charge >= 0.3 is 6.18 Å². The second kappa shape index (κ2) is 6.69. The van der Waals surface area contributed by atoms with E-state index in [0.29, 0.717) is 35.9 Å². The van der Waals surface area contributed by atoms with Crippen LogP contribution in [0.5, 0.6) is 5.75 Å².